The third-order valence-corrected chi connectivity index (χ3v) is 5.75. The summed E-state index contributed by atoms with van der Waals surface area (Å²) in [6, 6.07) is 10.4. The number of nitriles is 1. The number of hydrogen-bond donors (Lipinski definition) is 0. The van der Waals surface area contributed by atoms with Gasteiger partial charge in [0.05, 0.1) is 42.5 Å². The zero-order valence-electron chi connectivity index (χ0n) is 16.8. The fraction of sp³-hybridized carbons (Fsp3) is 0.364. The van der Waals surface area contributed by atoms with Gasteiger partial charge in [0.15, 0.2) is 0 Å². The monoisotopic (exact) mass is 402 g/mol. The molecule has 0 radical (unpaired) electrons. The SMILES string of the molecule is COc1ncnc2ccc(N3CCN(c4nc5c(cc4C#N)COCC5)CC3)cc12. The molecule has 0 amide bonds. The molecule has 8 heteroatoms. The van der Waals surface area contributed by atoms with Gasteiger partial charge < -0.3 is 19.3 Å². The van der Waals surface area contributed by atoms with Crippen molar-refractivity contribution >= 4 is 22.4 Å². The summed E-state index contributed by atoms with van der Waals surface area (Å²) in [5, 5.41) is 10.5. The van der Waals surface area contributed by atoms with Gasteiger partial charge in [0.2, 0.25) is 5.88 Å². The number of nitrogens with zero attached hydrogens (tertiary/aromatic N) is 6. The minimum atomic E-state index is 0.542. The van der Waals surface area contributed by atoms with Crippen molar-refractivity contribution in [2.45, 2.75) is 13.0 Å². The van der Waals surface area contributed by atoms with Crippen molar-refractivity contribution in [3.63, 3.8) is 0 Å². The third kappa shape index (κ3) is 3.27. The van der Waals surface area contributed by atoms with Crippen molar-refractivity contribution < 1.29 is 9.47 Å². The van der Waals surface area contributed by atoms with Gasteiger partial charge in [-0.15, -0.1) is 0 Å². The van der Waals surface area contributed by atoms with Crippen LogP contribution in [0.25, 0.3) is 10.9 Å². The van der Waals surface area contributed by atoms with Gasteiger partial charge in [-0.1, -0.05) is 0 Å². The Labute approximate surface area is 174 Å². The number of ether oxygens (including phenoxy) is 2. The normalized spacial score (nSPS) is 16.3. The molecule has 3 aromatic rings. The van der Waals surface area contributed by atoms with E-state index in [1.807, 2.05) is 12.1 Å². The number of methoxy groups -OCH3 is 1. The van der Waals surface area contributed by atoms with Crippen LogP contribution >= 0.6 is 0 Å². The van der Waals surface area contributed by atoms with Crippen LogP contribution in [0.2, 0.25) is 0 Å². The Morgan fingerprint density at radius 3 is 2.73 bits per heavy atom. The smallest absolute Gasteiger partial charge is 0.224 e. The van der Waals surface area contributed by atoms with Crippen LogP contribution in [0.3, 0.4) is 0 Å². The number of fused-ring (bicyclic) bond motifs is 2. The first-order valence-corrected chi connectivity index (χ1v) is 10.1. The number of piperazine rings is 1. The van der Waals surface area contributed by atoms with Crippen molar-refractivity contribution in [3.8, 4) is 11.9 Å². The highest BCUT2D eigenvalue weighted by Gasteiger charge is 2.23. The average Bonchev–Trinajstić information content (AvgIpc) is 2.82. The lowest BCUT2D eigenvalue weighted by molar-refractivity contribution is 0.109. The molecule has 0 aliphatic carbocycles. The van der Waals surface area contributed by atoms with Gasteiger partial charge in [-0.25, -0.2) is 15.0 Å². The molecule has 1 aromatic carbocycles. The molecule has 0 spiro atoms. The van der Waals surface area contributed by atoms with E-state index < -0.39 is 0 Å². The average molecular weight is 402 g/mol. The van der Waals surface area contributed by atoms with Crippen LogP contribution in [-0.2, 0) is 17.8 Å². The van der Waals surface area contributed by atoms with E-state index >= 15 is 0 Å². The molecule has 2 aromatic heterocycles. The predicted molar refractivity (Wildman–Crippen MR) is 113 cm³/mol. The van der Waals surface area contributed by atoms with Gasteiger partial charge in [0, 0.05) is 43.9 Å². The Morgan fingerprint density at radius 1 is 1.10 bits per heavy atom. The molecule has 30 heavy (non-hydrogen) atoms. The molecule has 8 nitrogen and oxygen atoms in total. The standard InChI is InChI=1S/C22H22N6O2/c1-29-22-18-11-17(2-3-20(18)24-14-25-22)27-5-7-28(8-6-27)21-15(12-23)10-16-13-30-9-4-19(16)26-21/h2-3,10-11,14H,4-9,13H2,1H3. The van der Waals surface area contributed by atoms with Gasteiger partial charge in [0.25, 0.3) is 0 Å². The molecular formula is C22H22N6O2. The molecule has 1 saturated heterocycles. The number of pyridine rings is 1. The second-order valence-electron chi connectivity index (χ2n) is 7.44. The maximum Gasteiger partial charge on any atom is 0.224 e. The van der Waals surface area contributed by atoms with Gasteiger partial charge in [-0.05, 0) is 24.3 Å². The highest BCUT2D eigenvalue weighted by Crippen LogP contribution is 2.29. The number of rotatable bonds is 3. The van der Waals surface area contributed by atoms with Crippen LogP contribution in [0.15, 0.2) is 30.6 Å². The Kier molecular flexibility index (Phi) is 4.81. The highest BCUT2D eigenvalue weighted by atomic mass is 16.5. The fourth-order valence-corrected chi connectivity index (χ4v) is 4.15. The zero-order chi connectivity index (χ0) is 20.5. The molecule has 0 saturated carbocycles. The van der Waals surface area contributed by atoms with Crippen LogP contribution in [-0.4, -0.2) is 54.8 Å². The van der Waals surface area contributed by atoms with Gasteiger partial charge in [0.1, 0.15) is 18.2 Å². The number of benzene rings is 1. The lowest BCUT2D eigenvalue weighted by Gasteiger charge is -2.37. The van der Waals surface area contributed by atoms with Crippen molar-refractivity contribution in [3.05, 3.63) is 47.4 Å². The summed E-state index contributed by atoms with van der Waals surface area (Å²) >= 11 is 0. The van der Waals surface area contributed by atoms with Crippen molar-refractivity contribution in [2.24, 2.45) is 0 Å². The first kappa shape index (κ1) is 18.6. The van der Waals surface area contributed by atoms with E-state index in [9.17, 15) is 5.26 Å². The topological polar surface area (TPSA) is 87.4 Å². The fourth-order valence-electron chi connectivity index (χ4n) is 4.15. The van der Waals surface area contributed by atoms with E-state index in [1.54, 1.807) is 7.11 Å². The van der Waals surface area contributed by atoms with Crippen LogP contribution in [0.5, 0.6) is 5.88 Å². The quantitative estimate of drug-likeness (QED) is 0.660. The first-order valence-electron chi connectivity index (χ1n) is 10.1. The Morgan fingerprint density at radius 2 is 1.93 bits per heavy atom. The van der Waals surface area contributed by atoms with Crippen molar-refractivity contribution in [2.75, 3.05) is 49.7 Å². The van der Waals surface area contributed by atoms with Crippen LogP contribution in [0.1, 0.15) is 16.8 Å². The van der Waals surface area contributed by atoms with Gasteiger partial charge >= 0.3 is 0 Å². The van der Waals surface area contributed by atoms with E-state index in [0.29, 0.717) is 24.7 Å². The summed E-state index contributed by atoms with van der Waals surface area (Å²) < 4.78 is 10.9. The predicted octanol–water partition coefficient (Wildman–Crippen LogP) is 2.30. The Bertz CT molecular complexity index is 1130. The maximum atomic E-state index is 9.64. The second kappa shape index (κ2) is 7.76. The second-order valence-corrected chi connectivity index (χ2v) is 7.44. The summed E-state index contributed by atoms with van der Waals surface area (Å²) in [6.45, 7) is 4.52. The number of anilines is 2. The molecule has 4 heterocycles. The molecule has 152 valence electrons. The minimum absolute atomic E-state index is 0.542. The van der Waals surface area contributed by atoms with E-state index in [-0.39, 0.29) is 0 Å². The molecule has 5 rings (SSSR count). The number of aromatic nitrogens is 3. The Hall–Kier alpha value is -3.44. The molecule has 0 bridgehead atoms. The van der Waals surface area contributed by atoms with Crippen LogP contribution in [0.4, 0.5) is 11.5 Å². The van der Waals surface area contributed by atoms with E-state index in [4.69, 9.17) is 14.5 Å². The van der Waals surface area contributed by atoms with Crippen LogP contribution < -0.4 is 14.5 Å². The van der Waals surface area contributed by atoms with Crippen molar-refractivity contribution in [1.29, 1.82) is 5.26 Å². The van der Waals surface area contributed by atoms with Crippen molar-refractivity contribution in [1.82, 2.24) is 15.0 Å². The van der Waals surface area contributed by atoms with E-state index in [0.717, 1.165) is 66.3 Å². The third-order valence-electron chi connectivity index (χ3n) is 5.75. The molecule has 0 atom stereocenters. The lowest BCUT2D eigenvalue weighted by atomic mass is 10.1. The van der Waals surface area contributed by atoms with Crippen LogP contribution in [0, 0.1) is 11.3 Å². The summed E-state index contributed by atoms with van der Waals surface area (Å²) in [4.78, 5) is 17.9. The summed E-state index contributed by atoms with van der Waals surface area (Å²) in [6.07, 6.45) is 2.32. The largest absolute Gasteiger partial charge is 0.480 e. The summed E-state index contributed by atoms with van der Waals surface area (Å²) in [5.41, 5.74) is 4.70. The lowest BCUT2D eigenvalue weighted by Crippen LogP contribution is -2.47. The highest BCUT2D eigenvalue weighted by molar-refractivity contribution is 5.86. The maximum absolute atomic E-state index is 9.64. The summed E-state index contributed by atoms with van der Waals surface area (Å²) in [5.74, 6) is 1.38. The molecule has 1 fully saturated rings. The van der Waals surface area contributed by atoms with E-state index in [2.05, 4.69) is 38.0 Å². The molecule has 2 aliphatic rings. The number of hydrogen-bond acceptors (Lipinski definition) is 8. The Balaban J connectivity index is 1.37. The molecular weight excluding hydrogens is 380 g/mol. The first-order chi connectivity index (χ1) is 14.8. The van der Waals surface area contributed by atoms with Gasteiger partial charge in [-0.3, -0.25) is 0 Å². The van der Waals surface area contributed by atoms with Gasteiger partial charge in [-0.2, -0.15) is 5.26 Å². The minimum Gasteiger partial charge on any atom is -0.480 e. The zero-order valence-corrected chi connectivity index (χ0v) is 16.8. The van der Waals surface area contributed by atoms with E-state index in [1.165, 1.54) is 6.33 Å². The molecule has 2 aliphatic heterocycles. The summed E-state index contributed by atoms with van der Waals surface area (Å²) in [7, 11) is 1.62. The molecule has 0 N–H and O–H groups in total. The molecule has 0 unspecified atom stereocenters.